The zero-order valence-electron chi connectivity index (χ0n) is 15.3. The van der Waals surface area contributed by atoms with Crippen LogP contribution in [0.25, 0.3) is 0 Å². The summed E-state index contributed by atoms with van der Waals surface area (Å²) in [5.74, 6) is 1.55. The Hall–Kier alpha value is -2.63. The van der Waals surface area contributed by atoms with Crippen LogP contribution in [0.3, 0.4) is 0 Å². The van der Waals surface area contributed by atoms with Crippen LogP contribution in [0.4, 0.5) is 4.79 Å². The molecular weight excluding hydrogens is 328 g/mol. The van der Waals surface area contributed by atoms with E-state index in [-0.39, 0.29) is 0 Å². The van der Waals surface area contributed by atoms with E-state index in [0.29, 0.717) is 19.5 Å². The Morgan fingerprint density at radius 1 is 1.08 bits per heavy atom. The van der Waals surface area contributed by atoms with Gasteiger partial charge in [0.25, 0.3) is 0 Å². The fourth-order valence-corrected chi connectivity index (χ4v) is 1.64. The number of hydrogen-bond donors (Lipinski definition) is 2. The summed E-state index contributed by atoms with van der Waals surface area (Å²) in [6, 6.07) is 0. The lowest BCUT2D eigenvalue weighted by molar-refractivity contribution is 0.0528. The van der Waals surface area contributed by atoms with Gasteiger partial charge < -0.3 is 15.8 Å². The number of carbonyl (C=O) groups is 1. The van der Waals surface area contributed by atoms with E-state index in [2.05, 4.69) is 36.4 Å². The molecule has 0 atom stereocenters. The van der Waals surface area contributed by atoms with Gasteiger partial charge >= 0.3 is 6.09 Å². The minimum Gasteiger partial charge on any atom is -0.444 e. The van der Waals surface area contributed by atoms with E-state index in [0.717, 1.165) is 18.1 Å². The number of nitrogens with two attached hydrogens (primary N) is 1. The summed E-state index contributed by atoms with van der Waals surface area (Å²) >= 11 is 0. The first-order valence-corrected chi connectivity index (χ1v) is 7.82. The quantitative estimate of drug-likeness (QED) is 0.687. The number of rotatable bonds is 5. The van der Waals surface area contributed by atoms with Crippen LogP contribution in [0, 0.1) is 0 Å². The van der Waals surface area contributed by atoms with E-state index in [9.17, 15) is 4.79 Å². The van der Waals surface area contributed by atoms with Gasteiger partial charge in [-0.2, -0.15) is 0 Å². The molecule has 0 aliphatic rings. The topological polar surface area (TPSA) is 152 Å². The summed E-state index contributed by atoms with van der Waals surface area (Å²) in [4.78, 5) is 11.3. The lowest BCUT2D eigenvalue weighted by Crippen LogP contribution is -2.33. The lowest BCUT2D eigenvalue weighted by Gasteiger charge is -2.19. The second-order valence-corrected chi connectivity index (χ2v) is 6.15. The maximum absolute atomic E-state index is 11.3. The van der Waals surface area contributed by atoms with Crippen LogP contribution < -0.4 is 11.1 Å². The predicted molar refractivity (Wildman–Crippen MR) is 88.3 cm³/mol. The number of nitrogens with zero attached hydrogens (tertiary/aromatic N) is 8. The Labute approximate surface area is 146 Å². The molecule has 0 aliphatic heterocycles. The zero-order valence-corrected chi connectivity index (χ0v) is 15.3. The summed E-state index contributed by atoms with van der Waals surface area (Å²) < 4.78 is 8.26. The Kier molecular flexibility index (Phi) is 7.85. The standard InChI is InChI=1S/C9H17N5O2.C4H9N5/c1-9(2,3)16-8(15)10-6-5-7-11-12-13-14(7)4;1-9-4(2-3-5)6-7-8-9/h5-6H2,1-4H3,(H,10,15);2-3,5H2,1H3. The number of alkyl carbamates (subject to hydrolysis) is 1. The molecule has 25 heavy (non-hydrogen) atoms. The molecule has 2 aromatic heterocycles. The first-order chi connectivity index (χ1) is 11.7. The van der Waals surface area contributed by atoms with Crippen molar-refractivity contribution >= 4 is 6.09 Å². The van der Waals surface area contributed by atoms with Gasteiger partial charge in [0.05, 0.1) is 0 Å². The van der Waals surface area contributed by atoms with E-state index in [1.165, 1.54) is 0 Å². The highest BCUT2D eigenvalue weighted by atomic mass is 16.6. The van der Waals surface area contributed by atoms with Crippen molar-refractivity contribution in [1.29, 1.82) is 0 Å². The Morgan fingerprint density at radius 2 is 1.60 bits per heavy atom. The molecule has 0 saturated carbocycles. The van der Waals surface area contributed by atoms with Gasteiger partial charge in [-0.15, -0.1) is 10.2 Å². The summed E-state index contributed by atoms with van der Waals surface area (Å²) in [6.45, 7) is 6.49. The molecule has 0 aromatic carbocycles. The lowest BCUT2D eigenvalue weighted by atomic mass is 10.2. The van der Waals surface area contributed by atoms with Crippen molar-refractivity contribution in [2.75, 3.05) is 13.1 Å². The van der Waals surface area contributed by atoms with Gasteiger partial charge in [-0.25, -0.2) is 14.2 Å². The fourth-order valence-electron chi connectivity index (χ4n) is 1.64. The molecule has 2 heterocycles. The van der Waals surface area contributed by atoms with E-state index in [1.54, 1.807) is 23.5 Å². The van der Waals surface area contributed by atoms with E-state index in [1.807, 2.05) is 20.8 Å². The summed E-state index contributed by atoms with van der Waals surface area (Å²) in [5, 5.41) is 24.4. The van der Waals surface area contributed by atoms with Crippen molar-refractivity contribution in [2.45, 2.75) is 39.2 Å². The highest BCUT2D eigenvalue weighted by molar-refractivity contribution is 5.67. The molecule has 0 radical (unpaired) electrons. The first kappa shape index (κ1) is 20.4. The molecule has 140 valence electrons. The molecule has 12 nitrogen and oxygen atoms in total. The Bertz CT molecular complexity index is 645. The third-order valence-electron chi connectivity index (χ3n) is 2.80. The highest BCUT2D eigenvalue weighted by Gasteiger charge is 2.15. The van der Waals surface area contributed by atoms with E-state index in [4.69, 9.17) is 10.5 Å². The zero-order chi connectivity index (χ0) is 18.9. The number of aryl methyl sites for hydroxylation is 2. The largest absolute Gasteiger partial charge is 0.444 e. The molecule has 2 rings (SSSR count). The van der Waals surface area contributed by atoms with E-state index >= 15 is 0 Å². The van der Waals surface area contributed by atoms with Crippen molar-refractivity contribution in [3.63, 3.8) is 0 Å². The summed E-state index contributed by atoms with van der Waals surface area (Å²) in [7, 11) is 3.55. The van der Waals surface area contributed by atoms with Crippen LogP contribution >= 0.6 is 0 Å². The Balaban J connectivity index is 0.000000293. The minimum atomic E-state index is -0.476. The monoisotopic (exact) mass is 354 g/mol. The molecule has 1 amide bonds. The van der Waals surface area contributed by atoms with Crippen LogP contribution in [0.1, 0.15) is 32.4 Å². The van der Waals surface area contributed by atoms with Gasteiger partial charge in [-0.3, -0.25) is 0 Å². The van der Waals surface area contributed by atoms with Crippen molar-refractivity contribution in [3.8, 4) is 0 Å². The maximum Gasteiger partial charge on any atom is 0.407 e. The van der Waals surface area contributed by atoms with Crippen molar-refractivity contribution < 1.29 is 9.53 Å². The van der Waals surface area contributed by atoms with Gasteiger partial charge in [-0.1, -0.05) is 0 Å². The maximum atomic E-state index is 11.3. The molecule has 0 saturated heterocycles. The second-order valence-electron chi connectivity index (χ2n) is 6.15. The third-order valence-corrected chi connectivity index (χ3v) is 2.80. The molecule has 0 aliphatic carbocycles. The summed E-state index contributed by atoms with van der Waals surface area (Å²) in [5.41, 5.74) is 4.80. The summed E-state index contributed by atoms with van der Waals surface area (Å²) in [6.07, 6.45) is 0.884. The van der Waals surface area contributed by atoms with E-state index < -0.39 is 11.7 Å². The molecule has 2 aromatic rings. The van der Waals surface area contributed by atoms with Crippen LogP contribution in [0.15, 0.2) is 0 Å². The number of aromatic nitrogens is 8. The van der Waals surface area contributed by atoms with Crippen molar-refractivity contribution in [2.24, 2.45) is 19.8 Å². The van der Waals surface area contributed by atoms with Gasteiger partial charge in [0, 0.05) is 33.5 Å². The van der Waals surface area contributed by atoms with Crippen LogP contribution in [-0.2, 0) is 31.7 Å². The Morgan fingerprint density at radius 3 is 2.00 bits per heavy atom. The molecule has 3 N–H and O–H groups in total. The van der Waals surface area contributed by atoms with Crippen LogP contribution in [0.2, 0.25) is 0 Å². The molecule has 0 bridgehead atoms. The number of hydrogen-bond acceptors (Lipinski definition) is 9. The normalized spacial score (nSPS) is 10.8. The molecule has 0 unspecified atom stereocenters. The smallest absolute Gasteiger partial charge is 0.407 e. The highest BCUT2D eigenvalue weighted by Crippen LogP contribution is 2.06. The number of carbonyl (C=O) groups excluding carboxylic acids is 1. The predicted octanol–water partition coefficient (Wildman–Crippen LogP) is -1.01. The SMILES string of the molecule is Cn1nnnc1CCN.Cn1nnnc1CCNC(=O)OC(C)(C)C. The van der Waals surface area contributed by atoms with Crippen LogP contribution in [0.5, 0.6) is 0 Å². The number of tetrazole rings is 2. The van der Waals surface area contributed by atoms with Crippen molar-refractivity contribution in [1.82, 2.24) is 45.7 Å². The fraction of sp³-hybridized carbons (Fsp3) is 0.769. The molecule has 12 heteroatoms. The molecular formula is C13H26N10O2. The van der Waals surface area contributed by atoms with Gasteiger partial charge in [-0.05, 0) is 48.2 Å². The molecule has 0 fully saturated rings. The second kappa shape index (κ2) is 9.61. The van der Waals surface area contributed by atoms with Gasteiger partial charge in [0.1, 0.15) is 5.60 Å². The van der Waals surface area contributed by atoms with Crippen LogP contribution in [-0.4, -0.2) is 65.2 Å². The minimum absolute atomic E-state index is 0.428. The average molecular weight is 354 g/mol. The number of ether oxygens (including phenoxy) is 1. The molecule has 0 spiro atoms. The third kappa shape index (κ3) is 8.15. The van der Waals surface area contributed by atoms with Gasteiger partial charge in [0.2, 0.25) is 0 Å². The first-order valence-electron chi connectivity index (χ1n) is 7.82. The average Bonchev–Trinajstić information content (AvgIpc) is 3.08. The number of nitrogens with one attached hydrogen (secondary N) is 1. The number of amides is 1. The van der Waals surface area contributed by atoms with Gasteiger partial charge in [0.15, 0.2) is 11.6 Å². The van der Waals surface area contributed by atoms with Crippen molar-refractivity contribution in [3.05, 3.63) is 11.6 Å².